The summed E-state index contributed by atoms with van der Waals surface area (Å²) < 4.78 is 10.7. The van der Waals surface area contributed by atoms with Crippen LogP contribution in [0.2, 0.25) is 5.02 Å². The van der Waals surface area contributed by atoms with Crippen LogP contribution in [0.15, 0.2) is 18.3 Å². The van der Waals surface area contributed by atoms with E-state index in [0.717, 1.165) is 5.56 Å². The lowest BCUT2D eigenvalue weighted by atomic mass is 10.0. The quantitative estimate of drug-likeness (QED) is 0.751. The number of benzene rings is 1. The van der Waals surface area contributed by atoms with E-state index in [-0.39, 0.29) is 11.8 Å². The smallest absolute Gasteiger partial charge is 0.220 e. The van der Waals surface area contributed by atoms with Gasteiger partial charge in [0, 0.05) is 28.8 Å². The Hall–Kier alpha value is -2.80. The molecular weight excluding hydrogens is 330 g/mol. The van der Waals surface area contributed by atoms with Crippen LogP contribution in [0.1, 0.15) is 5.56 Å². The van der Waals surface area contributed by atoms with Crippen molar-refractivity contribution in [3.05, 3.63) is 28.9 Å². The molecule has 0 saturated carbocycles. The van der Waals surface area contributed by atoms with Gasteiger partial charge in [-0.1, -0.05) is 11.6 Å². The molecule has 24 heavy (non-hydrogen) atoms. The van der Waals surface area contributed by atoms with Gasteiger partial charge >= 0.3 is 0 Å². The van der Waals surface area contributed by atoms with Crippen molar-refractivity contribution in [3.8, 4) is 22.8 Å². The second-order valence-electron chi connectivity index (χ2n) is 5.15. The van der Waals surface area contributed by atoms with E-state index in [4.69, 9.17) is 32.5 Å². The highest BCUT2D eigenvalue weighted by Gasteiger charge is 2.19. The molecule has 0 fully saturated rings. The second kappa shape index (κ2) is 6.01. The van der Waals surface area contributed by atoms with Crippen LogP contribution in [0.3, 0.4) is 0 Å². The third-order valence-electron chi connectivity index (χ3n) is 3.75. The van der Waals surface area contributed by atoms with Gasteiger partial charge in [-0.25, -0.2) is 15.0 Å². The minimum absolute atomic E-state index is 0.140. The molecule has 0 aliphatic heterocycles. The molecule has 0 spiro atoms. The molecule has 2 aromatic heterocycles. The summed E-state index contributed by atoms with van der Waals surface area (Å²) in [6.07, 6.45) is 1.60. The van der Waals surface area contributed by atoms with Crippen molar-refractivity contribution in [1.82, 2.24) is 15.0 Å². The average Bonchev–Trinajstić information content (AvgIpc) is 2.56. The van der Waals surface area contributed by atoms with Crippen LogP contribution < -0.4 is 20.9 Å². The number of rotatable bonds is 3. The van der Waals surface area contributed by atoms with Crippen molar-refractivity contribution in [2.75, 3.05) is 25.7 Å². The van der Waals surface area contributed by atoms with Gasteiger partial charge in [0.25, 0.3) is 0 Å². The van der Waals surface area contributed by atoms with Crippen molar-refractivity contribution in [2.24, 2.45) is 0 Å². The van der Waals surface area contributed by atoms with Crippen LogP contribution in [0, 0.1) is 6.92 Å². The molecule has 7 nitrogen and oxygen atoms in total. The number of nitrogen functional groups attached to an aromatic ring is 2. The lowest BCUT2D eigenvalue weighted by Crippen LogP contribution is -2.02. The van der Waals surface area contributed by atoms with Gasteiger partial charge in [-0.05, 0) is 13.0 Å². The number of methoxy groups -OCH3 is 2. The summed E-state index contributed by atoms with van der Waals surface area (Å²) in [5.74, 6) is 1.51. The minimum Gasteiger partial charge on any atom is -0.496 e. The Labute approximate surface area is 143 Å². The first-order chi connectivity index (χ1) is 11.5. The Morgan fingerprint density at radius 3 is 2.42 bits per heavy atom. The molecule has 0 bridgehead atoms. The van der Waals surface area contributed by atoms with Gasteiger partial charge in [-0.15, -0.1) is 0 Å². The highest BCUT2D eigenvalue weighted by molar-refractivity contribution is 6.35. The molecule has 4 N–H and O–H groups in total. The van der Waals surface area contributed by atoms with Crippen molar-refractivity contribution in [2.45, 2.75) is 6.92 Å². The molecule has 0 radical (unpaired) electrons. The molecule has 0 amide bonds. The summed E-state index contributed by atoms with van der Waals surface area (Å²) >= 11 is 6.49. The molecule has 0 aliphatic rings. The number of hydrogen-bond acceptors (Lipinski definition) is 7. The Morgan fingerprint density at radius 1 is 1.04 bits per heavy atom. The van der Waals surface area contributed by atoms with Crippen LogP contribution >= 0.6 is 11.6 Å². The van der Waals surface area contributed by atoms with Gasteiger partial charge in [-0.2, -0.15) is 0 Å². The van der Waals surface area contributed by atoms with Crippen molar-refractivity contribution < 1.29 is 9.47 Å². The van der Waals surface area contributed by atoms with E-state index >= 15 is 0 Å². The maximum Gasteiger partial charge on any atom is 0.220 e. The van der Waals surface area contributed by atoms with Gasteiger partial charge in [0.05, 0.1) is 24.9 Å². The fourth-order valence-corrected chi connectivity index (χ4v) is 2.94. The van der Waals surface area contributed by atoms with Gasteiger partial charge < -0.3 is 20.9 Å². The number of anilines is 2. The zero-order valence-electron chi connectivity index (χ0n) is 13.4. The lowest BCUT2D eigenvalue weighted by molar-refractivity contribution is 0.393. The monoisotopic (exact) mass is 345 g/mol. The van der Waals surface area contributed by atoms with E-state index in [1.807, 2.05) is 6.92 Å². The number of nitrogens with zero attached hydrogens (tertiary/aromatic N) is 3. The highest BCUT2D eigenvalue weighted by atomic mass is 35.5. The van der Waals surface area contributed by atoms with Crippen molar-refractivity contribution in [1.29, 1.82) is 0 Å². The van der Waals surface area contributed by atoms with E-state index in [0.29, 0.717) is 38.7 Å². The topological polar surface area (TPSA) is 109 Å². The zero-order valence-corrected chi connectivity index (χ0v) is 14.2. The zero-order chi connectivity index (χ0) is 17.4. The largest absolute Gasteiger partial charge is 0.496 e. The Bertz CT molecular complexity index is 917. The van der Waals surface area contributed by atoms with Gasteiger partial charge in [0.1, 0.15) is 17.0 Å². The molecule has 2 heterocycles. The molecule has 0 saturated heterocycles. The number of hydrogen-bond donors (Lipinski definition) is 2. The van der Waals surface area contributed by atoms with Crippen LogP contribution in [0.25, 0.3) is 22.2 Å². The molecular formula is C16H16ClN5O2. The third-order valence-corrected chi connectivity index (χ3v) is 4.13. The van der Waals surface area contributed by atoms with Crippen LogP contribution in [-0.4, -0.2) is 29.2 Å². The van der Waals surface area contributed by atoms with E-state index in [1.165, 1.54) is 0 Å². The van der Waals surface area contributed by atoms with E-state index < -0.39 is 0 Å². The second-order valence-corrected chi connectivity index (χ2v) is 5.53. The molecule has 1 aromatic carbocycles. The number of halogens is 1. The summed E-state index contributed by atoms with van der Waals surface area (Å²) in [5, 5.41) is 1.14. The Balaban J connectivity index is 2.33. The molecule has 8 heteroatoms. The predicted molar refractivity (Wildman–Crippen MR) is 94.4 cm³/mol. The maximum atomic E-state index is 6.49. The average molecular weight is 346 g/mol. The lowest BCUT2D eigenvalue weighted by Gasteiger charge is -2.16. The molecule has 0 unspecified atom stereocenters. The summed E-state index contributed by atoms with van der Waals surface area (Å²) in [7, 11) is 3.12. The fourth-order valence-electron chi connectivity index (χ4n) is 2.57. The fraction of sp³-hybridized carbons (Fsp3) is 0.188. The standard InChI is InChI=1S/C16H16ClN5O2/c1-7-10(23-2)5-11(24-3)13(17)12(7)9-4-8-6-20-16(19)22-14(8)15(18)21-9/h4-6H,1-3H3,(H2,18,21)(H2,19,20,22). The first-order valence-corrected chi connectivity index (χ1v) is 7.44. The number of nitrogens with two attached hydrogens (primary N) is 2. The number of aromatic nitrogens is 3. The maximum absolute atomic E-state index is 6.49. The first kappa shape index (κ1) is 16.1. The van der Waals surface area contributed by atoms with Crippen LogP contribution in [0.5, 0.6) is 11.5 Å². The molecule has 0 atom stereocenters. The molecule has 3 rings (SSSR count). The van der Waals surface area contributed by atoms with Crippen molar-refractivity contribution >= 4 is 34.3 Å². The normalized spacial score (nSPS) is 10.8. The molecule has 0 aliphatic carbocycles. The predicted octanol–water partition coefficient (Wildman–Crippen LogP) is 2.84. The van der Waals surface area contributed by atoms with Gasteiger partial charge in [0.15, 0.2) is 5.82 Å². The number of ether oxygens (including phenoxy) is 2. The van der Waals surface area contributed by atoms with Gasteiger partial charge in [0.2, 0.25) is 5.95 Å². The van der Waals surface area contributed by atoms with Crippen LogP contribution in [-0.2, 0) is 0 Å². The molecule has 3 aromatic rings. The number of pyridine rings is 1. The summed E-state index contributed by atoms with van der Waals surface area (Å²) in [6.45, 7) is 1.89. The number of fused-ring (bicyclic) bond motifs is 1. The van der Waals surface area contributed by atoms with Gasteiger partial charge in [-0.3, -0.25) is 0 Å². The van der Waals surface area contributed by atoms with Crippen molar-refractivity contribution in [3.63, 3.8) is 0 Å². The highest BCUT2D eigenvalue weighted by Crippen LogP contribution is 2.42. The van der Waals surface area contributed by atoms with E-state index in [2.05, 4.69) is 15.0 Å². The summed E-state index contributed by atoms with van der Waals surface area (Å²) in [5.41, 5.74) is 14.2. The Morgan fingerprint density at radius 2 is 1.75 bits per heavy atom. The third kappa shape index (κ3) is 2.52. The first-order valence-electron chi connectivity index (χ1n) is 7.06. The van der Waals surface area contributed by atoms with E-state index in [1.54, 1.807) is 32.5 Å². The van der Waals surface area contributed by atoms with E-state index in [9.17, 15) is 0 Å². The summed E-state index contributed by atoms with van der Waals surface area (Å²) in [4.78, 5) is 12.5. The Kier molecular flexibility index (Phi) is 4.02. The summed E-state index contributed by atoms with van der Waals surface area (Å²) in [6, 6.07) is 3.54. The minimum atomic E-state index is 0.140. The molecule has 124 valence electrons. The SMILES string of the molecule is COc1cc(OC)c(Cl)c(-c2cc3cnc(N)nc3c(N)n2)c1C. The van der Waals surface area contributed by atoms with Crippen LogP contribution in [0.4, 0.5) is 11.8 Å².